The molecular weight excluding hydrogens is 325 g/mol. The van der Waals surface area contributed by atoms with Crippen molar-refractivity contribution in [3.05, 3.63) is 35.7 Å². The summed E-state index contributed by atoms with van der Waals surface area (Å²) in [4.78, 5) is 24.4. The molecule has 1 aromatic rings. The van der Waals surface area contributed by atoms with E-state index in [-0.39, 0.29) is 30.9 Å². The standard InChI is InChI=1S/C18H20FN3O3/c1-9(23)21-7-12-8-22(18(24)25-12)11-2-3-13(16(19)6-11)10-4-14-15(5-10)17(14)20/h2-4,6,12,14-15,17H,5,7-8,20H2,1H3,(H,21,23)/t12-,14+,15-,17-/m0/s1. The van der Waals surface area contributed by atoms with E-state index >= 15 is 0 Å². The zero-order valence-electron chi connectivity index (χ0n) is 13.9. The lowest BCUT2D eigenvalue weighted by atomic mass is 10.0. The van der Waals surface area contributed by atoms with E-state index in [9.17, 15) is 14.0 Å². The molecule has 1 heterocycles. The molecule has 7 heteroatoms. The summed E-state index contributed by atoms with van der Waals surface area (Å²) in [7, 11) is 0. The number of benzene rings is 1. The topological polar surface area (TPSA) is 84.7 Å². The van der Waals surface area contributed by atoms with Crippen LogP contribution in [0.2, 0.25) is 0 Å². The van der Waals surface area contributed by atoms with E-state index in [0.717, 1.165) is 12.0 Å². The molecule has 1 saturated carbocycles. The molecule has 2 amide bonds. The number of hydrogen-bond donors (Lipinski definition) is 2. The van der Waals surface area contributed by atoms with Crippen LogP contribution in [-0.2, 0) is 9.53 Å². The third-order valence-electron chi connectivity index (χ3n) is 5.20. The molecule has 132 valence electrons. The number of nitrogens with zero attached hydrogens (tertiary/aromatic N) is 1. The minimum Gasteiger partial charge on any atom is -0.442 e. The van der Waals surface area contributed by atoms with Crippen LogP contribution in [0.1, 0.15) is 18.9 Å². The Morgan fingerprint density at radius 2 is 2.28 bits per heavy atom. The number of fused-ring (bicyclic) bond motifs is 1. The van der Waals surface area contributed by atoms with Gasteiger partial charge in [0.05, 0.1) is 18.8 Å². The molecule has 2 aliphatic carbocycles. The molecule has 0 bridgehead atoms. The predicted octanol–water partition coefficient (Wildman–Crippen LogP) is 1.65. The lowest BCUT2D eigenvalue weighted by molar-refractivity contribution is -0.119. The van der Waals surface area contributed by atoms with Crippen LogP contribution in [0, 0.1) is 17.7 Å². The lowest BCUT2D eigenvalue weighted by Crippen LogP contribution is -2.33. The largest absolute Gasteiger partial charge is 0.442 e. The van der Waals surface area contributed by atoms with Crippen LogP contribution in [-0.4, -0.2) is 37.2 Å². The van der Waals surface area contributed by atoms with Gasteiger partial charge in [0.2, 0.25) is 5.91 Å². The van der Waals surface area contributed by atoms with Crippen LogP contribution in [0.5, 0.6) is 0 Å². The Balaban J connectivity index is 1.47. The molecule has 2 fully saturated rings. The second kappa shape index (κ2) is 5.84. The quantitative estimate of drug-likeness (QED) is 0.869. The second-order valence-electron chi connectivity index (χ2n) is 6.93. The smallest absolute Gasteiger partial charge is 0.414 e. The highest BCUT2D eigenvalue weighted by Gasteiger charge is 2.50. The Morgan fingerprint density at radius 3 is 2.92 bits per heavy atom. The molecule has 4 rings (SSSR count). The fourth-order valence-electron chi connectivity index (χ4n) is 3.72. The molecule has 25 heavy (non-hydrogen) atoms. The van der Waals surface area contributed by atoms with Crippen LogP contribution < -0.4 is 16.0 Å². The first-order valence-corrected chi connectivity index (χ1v) is 8.43. The molecule has 3 aliphatic rings. The van der Waals surface area contributed by atoms with Crippen molar-refractivity contribution in [2.24, 2.45) is 17.6 Å². The molecule has 0 radical (unpaired) electrons. The number of nitrogens with one attached hydrogen (secondary N) is 1. The van der Waals surface area contributed by atoms with E-state index in [1.165, 1.54) is 17.9 Å². The van der Waals surface area contributed by atoms with Gasteiger partial charge in [-0.15, -0.1) is 0 Å². The third-order valence-corrected chi connectivity index (χ3v) is 5.20. The number of carbonyl (C=O) groups excluding carboxylic acids is 2. The highest BCUT2D eigenvalue weighted by molar-refractivity contribution is 5.90. The van der Waals surface area contributed by atoms with Crippen molar-refractivity contribution in [3.63, 3.8) is 0 Å². The summed E-state index contributed by atoms with van der Waals surface area (Å²) in [5.41, 5.74) is 7.93. The average molecular weight is 345 g/mol. The number of carbonyl (C=O) groups is 2. The van der Waals surface area contributed by atoms with Crippen LogP contribution in [0.15, 0.2) is 24.3 Å². The third kappa shape index (κ3) is 2.89. The number of cyclic esters (lactones) is 1. The number of nitrogens with two attached hydrogens (primary N) is 1. The maximum atomic E-state index is 14.6. The van der Waals surface area contributed by atoms with Gasteiger partial charge in [0.1, 0.15) is 11.9 Å². The number of anilines is 1. The fourth-order valence-corrected chi connectivity index (χ4v) is 3.72. The van der Waals surface area contributed by atoms with Gasteiger partial charge in [-0.3, -0.25) is 9.69 Å². The van der Waals surface area contributed by atoms with Crippen molar-refractivity contribution in [1.82, 2.24) is 5.32 Å². The number of hydrogen-bond acceptors (Lipinski definition) is 4. The minimum atomic E-state index is -0.533. The van der Waals surface area contributed by atoms with Gasteiger partial charge in [0.15, 0.2) is 0 Å². The summed E-state index contributed by atoms with van der Waals surface area (Å²) in [6.45, 7) is 1.92. The van der Waals surface area contributed by atoms with E-state index < -0.39 is 12.2 Å². The first-order valence-electron chi connectivity index (χ1n) is 8.43. The van der Waals surface area contributed by atoms with Crippen LogP contribution >= 0.6 is 0 Å². The molecule has 1 saturated heterocycles. The van der Waals surface area contributed by atoms with E-state index in [1.807, 2.05) is 0 Å². The van der Waals surface area contributed by atoms with E-state index in [0.29, 0.717) is 23.1 Å². The molecule has 1 aromatic carbocycles. The summed E-state index contributed by atoms with van der Waals surface area (Å²) in [6, 6.07) is 5.03. The lowest BCUT2D eigenvalue weighted by Gasteiger charge is -2.15. The van der Waals surface area contributed by atoms with Gasteiger partial charge in [-0.1, -0.05) is 6.08 Å². The van der Waals surface area contributed by atoms with Crippen molar-refractivity contribution in [3.8, 4) is 0 Å². The fraction of sp³-hybridized carbons (Fsp3) is 0.444. The highest BCUT2D eigenvalue weighted by atomic mass is 19.1. The molecule has 3 N–H and O–H groups in total. The first kappa shape index (κ1) is 16.1. The van der Waals surface area contributed by atoms with Crippen LogP contribution in [0.3, 0.4) is 0 Å². The zero-order chi connectivity index (χ0) is 17.7. The Kier molecular flexibility index (Phi) is 3.76. The summed E-state index contributed by atoms with van der Waals surface area (Å²) >= 11 is 0. The molecule has 1 aliphatic heterocycles. The highest BCUT2D eigenvalue weighted by Crippen LogP contribution is 2.52. The number of ether oxygens (including phenoxy) is 1. The van der Waals surface area contributed by atoms with Crippen LogP contribution in [0.4, 0.5) is 14.9 Å². The van der Waals surface area contributed by atoms with E-state index in [1.54, 1.807) is 12.1 Å². The monoisotopic (exact) mass is 345 g/mol. The number of amides is 2. The second-order valence-corrected chi connectivity index (χ2v) is 6.93. The van der Waals surface area contributed by atoms with Gasteiger partial charge in [-0.05, 0) is 42.0 Å². The molecule has 4 atom stereocenters. The van der Waals surface area contributed by atoms with Gasteiger partial charge in [0, 0.05) is 18.5 Å². The Hall–Kier alpha value is -2.41. The SMILES string of the molecule is CC(=O)NC[C@H]1CN(c2ccc(C3=C[C@H]4[C@H](N)[C@H]4C3)c(F)c2)C(=O)O1. The van der Waals surface area contributed by atoms with Crippen molar-refractivity contribution in [2.45, 2.75) is 25.5 Å². The van der Waals surface area contributed by atoms with Gasteiger partial charge in [-0.25, -0.2) is 9.18 Å². The number of halogens is 1. The summed E-state index contributed by atoms with van der Waals surface area (Å²) in [6.07, 6.45) is 1.91. The first-order chi connectivity index (χ1) is 11.9. The summed E-state index contributed by atoms with van der Waals surface area (Å²) in [5.74, 6) is 0.304. The van der Waals surface area contributed by atoms with Crippen molar-refractivity contribution >= 4 is 23.3 Å². The minimum absolute atomic E-state index is 0.187. The van der Waals surface area contributed by atoms with E-state index in [2.05, 4.69) is 11.4 Å². The van der Waals surface area contributed by atoms with Gasteiger partial charge >= 0.3 is 6.09 Å². The number of allylic oxidation sites excluding steroid dienone is 1. The number of rotatable bonds is 4. The molecule has 0 aromatic heterocycles. The molecule has 0 unspecified atom stereocenters. The Labute approximate surface area is 144 Å². The van der Waals surface area contributed by atoms with Crippen molar-refractivity contribution < 1.29 is 18.7 Å². The summed E-state index contributed by atoms with van der Waals surface area (Å²) < 4.78 is 19.8. The Bertz CT molecular complexity index is 779. The van der Waals surface area contributed by atoms with E-state index in [4.69, 9.17) is 10.5 Å². The van der Waals surface area contributed by atoms with Gasteiger partial charge in [0.25, 0.3) is 0 Å². The van der Waals surface area contributed by atoms with Gasteiger partial charge < -0.3 is 15.8 Å². The van der Waals surface area contributed by atoms with Crippen LogP contribution in [0.25, 0.3) is 5.57 Å². The normalized spacial score (nSPS) is 30.0. The Morgan fingerprint density at radius 1 is 1.48 bits per heavy atom. The molecular formula is C18H20FN3O3. The maximum Gasteiger partial charge on any atom is 0.414 e. The average Bonchev–Trinajstić information content (AvgIpc) is 2.95. The zero-order valence-corrected chi connectivity index (χ0v) is 13.9. The van der Waals surface area contributed by atoms with Crippen molar-refractivity contribution in [2.75, 3.05) is 18.0 Å². The predicted molar refractivity (Wildman–Crippen MR) is 90.2 cm³/mol. The molecule has 6 nitrogen and oxygen atoms in total. The van der Waals surface area contributed by atoms with Crippen molar-refractivity contribution in [1.29, 1.82) is 0 Å². The van der Waals surface area contributed by atoms with Gasteiger partial charge in [-0.2, -0.15) is 0 Å². The summed E-state index contributed by atoms with van der Waals surface area (Å²) in [5, 5.41) is 2.61. The molecule has 0 spiro atoms. The maximum absolute atomic E-state index is 14.6.